The first-order valence-electron chi connectivity index (χ1n) is 6.19. The quantitative estimate of drug-likeness (QED) is 0.861. The van der Waals surface area contributed by atoms with Crippen LogP contribution in [0.2, 0.25) is 5.02 Å². The molecule has 1 aliphatic rings. The number of rotatable bonds is 3. The van der Waals surface area contributed by atoms with Gasteiger partial charge in [-0.05, 0) is 12.1 Å². The van der Waals surface area contributed by atoms with Gasteiger partial charge in [-0.2, -0.15) is 0 Å². The van der Waals surface area contributed by atoms with E-state index < -0.39 is 18.1 Å². The topological polar surface area (TPSA) is 106 Å². The van der Waals surface area contributed by atoms with Gasteiger partial charge in [-0.3, -0.25) is 14.7 Å². The molecule has 112 valence electrons. The molecule has 1 N–H and O–H groups in total. The first kappa shape index (κ1) is 14.2. The number of carbonyl (C=O) groups excluding carboxylic acids is 1. The van der Waals surface area contributed by atoms with E-state index in [2.05, 4.69) is 19.7 Å². The van der Waals surface area contributed by atoms with E-state index in [0.29, 0.717) is 16.5 Å². The summed E-state index contributed by atoms with van der Waals surface area (Å²) in [7, 11) is 0. The van der Waals surface area contributed by atoms with E-state index in [1.807, 2.05) is 0 Å². The largest absolute Gasteiger partial charge is 0.505 e. The molecule has 0 spiro atoms. The van der Waals surface area contributed by atoms with Gasteiger partial charge >= 0.3 is 6.16 Å². The number of pyridine rings is 1. The maximum atomic E-state index is 12.5. The van der Waals surface area contributed by atoms with Crippen LogP contribution in [-0.2, 0) is 4.74 Å². The van der Waals surface area contributed by atoms with Crippen LogP contribution >= 0.6 is 11.6 Å². The molecule has 1 amide bonds. The number of hydrogen-bond donors (Lipinski definition) is 1. The minimum Gasteiger partial charge on any atom is -0.450 e. The molecule has 1 atom stereocenters. The van der Waals surface area contributed by atoms with Gasteiger partial charge in [-0.15, -0.1) is 0 Å². The van der Waals surface area contributed by atoms with Crippen molar-refractivity contribution in [3.05, 3.63) is 47.1 Å². The lowest BCUT2D eigenvalue weighted by Gasteiger charge is -2.22. The molecular formula is C13H9ClN4O4. The average Bonchev–Trinajstić information content (AvgIpc) is 2.79. The maximum absolute atomic E-state index is 12.5. The smallest absolute Gasteiger partial charge is 0.450 e. The molecule has 1 aliphatic heterocycles. The second-order valence-electron chi connectivity index (χ2n) is 4.39. The standard InChI is InChI=1S/C13H9ClN4O4/c14-7-1-2-9(17-5-7)18-8(6-22-13(20)21)10-11(12(18)19)16-4-3-15-10/h1-5,8H,6H2,(H,20,21)/t8-/m1/s1. The van der Waals surface area contributed by atoms with Crippen LogP contribution in [0.25, 0.3) is 0 Å². The molecule has 0 radical (unpaired) electrons. The van der Waals surface area contributed by atoms with E-state index >= 15 is 0 Å². The van der Waals surface area contributed by atoms with Gasteiger partial charge < -0.3 is 9.84 Å². The summed E-state index contributed by atoms with van der Waals surface area (Å²) in [5.74, 6) is -0.106. The second-order valence-corrected chi connectivity index (χ2v) is 4.83. The van der Waals surface area contributed by atoms with E-state index in [1.165, 1.54) is 23.5 Å². The summed E-state index contributed by atoms with van der Waals surface area (Å²) in [4.78, 5) is 36.6. The lowest BCUT2D eigenvalue weighted by atomic mass is 10.2. The minimum atomic E-state index is -1.44. The fraction of sp³-hybridized carbons (Fsp3) is 0.154. The maximum Gasteiger partial charge on any atom is 0.505 e. The van der Waals surface area contributed by atoms with Crippen LogP contribution in [-0.4, -0.2) is 38.7 Å². The minimum absolute atomic E-state index is 0.151. The molecule has 0 unspecified atom stereocenters. The Hall–Kier alpha value is -2.74. The average molecular weight is 321 g/mol. The third-order valence-electron chi connectivity index (χ3n) is 3.10. The first-order chi connectivity index (χ1) is 10.6. The number of anilines is 1. The number of halogens is 1. The number of fused-ring (bicyclic) bond motifs is 1. The molecule has 0 bridgehead atoms. The van der Waals surface area contributed by atoms with Crippen molar-refractivity contribution in [2.75, 3.05) is 11.5 Å². The normalized spacial score (nSPS) is 16.5. The van der Waals surface area contributed by atoms with Crippen LogP contribution in [0.15, 0.2) is 30.7 Å². The van der Waals surface area contributed by atoms with Crippen molar-refractivity contribution in [2.45, 2.75) is 6.04 Å². The van der Waals surface area contributed by atoms with Gasteiger partial charge in [0.05, 0.1) is 10.7 Å². The highest BCUT2D eigenvalue weighted by Gasteiger charge is 2.41. The molecule has 8 nitrogen and oxygen atoms in total. The number of ether oxygens (including phenoxy) is 1. The van der Waals surface area contributed by atoms with E-state index in [-0.39, 0.29) is 12.3 Å². The van der Waals surface area contributed by atoms with Crippen molar-refractivity contribution in [2.24, 2.45) is 0 Å². The fourth-order valence-corrected chi connectivity index (χ4v) is 2.33. The summed E-state index contributed by atoms with van der Waals surface area (Å²) in [6.45, 7) is -0.267. The second kappa shape index (κ2) is 5.57. The summed E-state index contributed by atoms with van der Waals surface area (Å²) in [5.41, 5.74) is 0.503. The zero-order valence-electron chi connectivity index (χ0n) is 11.0. The van der Waals surface area contributed by atoms with Gasteiger partial charge in [0.1, 0.15) is 18.5 Å². The summed E-state index contributed by atoms with van der Waals surface area (Å²) in [5, 5.41) is 9.11. The number of amides is 1. The van der Waals surface area contributed by atoms with Crippen molar-refractivity contribution in [3.8, 4) is 0 Å². The van der Waals surface area contributed by atoms with Crippen LogP contribution in [0.3, 0.4) is 0 Å². The predicted octanol–water partition coefficient (Wildman–Crippen LogP) is 1.92. The van der Waals surface area contributed by atoms with Crippen LogP contribution in [0.5, 0.6) is 0 Å². The summed E-state index contributed by atoms with van der Waals surface area (Å²) in [6.07, 6.45) is 2.78. The molecule has 0 aromatic carbocycles. The Morgan fingerprint density at radius 1 is 1.32 bits per heavy atom. The Morgan fingerprint density at radius 3 is 2.77 bits per heavy atom. The lowest BCUT2D eigenvalue weighted by molar-refractivity contribution is 0.0820. The van der Waals surface area contributed by atoms with Crippen molar-refractivity contribution < 1.29 is 19.4 Å². The zero-order valence-corrected chi connectivity index (χ0v) is 11.8. The predicted molar refractivity (Wildman–Crippen MR) is 74.8 cm³/mol. The van der Waals surface area contributed by atoms with Crippen LogP contribution in [0, 0.1) is 0 Å². The molecule has 0 fully saturated rings. The van der Waals surface area contributed by atoms with Crippen molar-refractivity contribution in [1.82, 2.24) is 15.0 Å². The molecule has 2 aromatic rings. The summed E-state index contributed by atoms with van der Waals surface area (Å²) < 4.78 is 4.61. The van der Waals surface area contributed by atoms with E-state index in [4.69, 9.17) is 16.7 Å². The van der Waals surface area contributed by atoms with Gasteiger partial charge in [0.15, 0.2) is 5.69 Å². The number of carboxylic acid groups (broad SMARTS) is 1. The highest BCUT2D eigenvalue weighted by atomic mass is 35.5. The molecule has 9 heteroatoms. The van der Waals surface area contributed by atoms with Gasteiger partial charge in [0.2, 0.25) is 0 Å². The van der Waals surface area contributed by atoms with Gasteiger partial charge in [0.25, 0.3) is 5.91 Å². The molecule has 0 saturated carbocycles. The Balaban J connectivity index is 2.01. The third kappa shape index (κ3) is 2.44. The van der Waals surface area contributed by atoms with Gasteiger partial charge in [-0.25, -0.2) is 14.8 Å². The Kier molecular flexibility index (Phi) is 3.60. The highest BCUT2D eigenvalue weighted by molar-refractivity contribution is 6.30. The monoisotopic (exact) mass is 320 g/mol. The van der Waals surface area contributed by atoms with Crippen molar-refractivity contribution in [1.29, 1.82) is 0 Å². The van der Waals surface area contributed by atoms with E-state index in [9.17, 15) is 9.59 Å². The number of carbonyl (C=O) groups is 2. The van der Waals surface area contributed by atoms with Gasteiger partial charge in [-0.1, -0.05) is 11.6 Å². The third-order valence-corrected chi connectivity index (χ3v) is 3.32. The van der Waals surface area contributed by atoms with Crippen molar-refractivity contribution >= 4 is 29.5 Å². The SMILES string of the molecule is O=C(O)OC[C@@H]1c2nccnc2C(=O)N1c1ccc(Cl)cn1. The summed E-state index contributed by atoms with van der Waals surface area (Å²) >= 11 is 5.79. The van der Waals surface area contributed by atoms with Gasteiger partial charge in [0, 0.05) is 18.6 Å². The molecule has 2 aromatic heterocycles. The molecule has 22 heavy (non-hydrogen) atoms. The number of nitrogens with zero attached hydrogens (tertiary/aromatic N) is 4. The van der Waals surface area contributed by atoms with E-state index in [1.54, 1.807) is 12.1 Å². The zero-order chi connectivity index (χ0) is 15.7. The summed E-state index contributed by atoms with van der Waals surface area (Å²) in [6, 6.07) is 2.41. The molecule has 3 heterocycles. The molecule has 3 rings (SSSR count). The van der Waals surface area contributed by atoms with Crippen LogP contribution in [0.4, 0.5) is 10.6 Å². The highest BCUT2D eigenvalue weighted by Crippen LogP contribution is 2.34. The van der Waals surface area contributed by atoms with E-state index in [0.717, 1.165) is 0 Å². The lowest BCUT2D eigenvalue weighted by Crippen LogP contribution is -2.32. The molecule has 0 aliphatic carbocycles. The first-order valence-corrected chi connectivity index (χ1v) is 6.57. The van der Waals surface area contributed by atoms with Crippen molar-refractivity contribution in [3.63, 3.8) is 0 Å². The Bertz CT molecular complexity index is 737. The van der Waals surface area contributed by atoms with Crippen LogP contribution in [0.1, 0.15) is 22.2 Å². The number of hydrogen-bond acceptors (Lipinski definition) is 6. The molecular weight excluding hydrogens is 312 g/mol. The fourth-order valence-electron chi connectivity index (χ4n) is 2.21. The molecule has 0 saturated heterocycles. The Morgan fingerprint density at radius 2 is 2.09 bits per heavy atom. The van der Waals surface area contributed by atoms with Crippen LogP contribution < -0.4 is 4.90 Å². The number of aromatic nitrogens is 3. The Labute approximate surface area is 129 Å².